The number of aromatic carboxylic acids is 1. The predicted molar refractivity (Wildman–Crippen MR) is 173 cm³/mol. The smallest absolute Gasteiger partial charge is 0.356 e. The highest BCUT2D eigenvalue weighted by Gasteiger charge is 2.10. The van der Waals surface area contributed by atoms with E-state index in [-0.39, 0.29) is 22.8 Å². The van der Waals surface area contributed by atoms with Gasteiger partial charge in [0.1, 0.15) is 34.2 Å². The number of carbonyl (C=O) groups is 3. The Morgan fingerprint density at radius 2 is 1.18 bits per heavy atom. The summed E-state index contributed by atoms with van der Waals surface area (Å²) in [5.74, 6) is -2.12. The second kappa shape index (κ2) is 22.9. The van der Waals surface area contributed by atoms with Crippen molar-refractivity contribution in [3.63, 3.8) is 0 Å². The highest BCUT2D eigenvalue weighted by molar-refractivity contribution is 5.92. The highest BCUT2D eigenvalue weighted by atomic mass is 16.5. The zero-order valence-electron chi connectivity index (χ0n) is 26.1. The topological polar surface area (TPSA) is 253 Å². The zero-order chi connectivity index (χ0) is 34.2. The molecule has 3 aromatic rings. The number of anilines is 3. The summed E-state index contributed by atoms with van der Waals surface area (Å²) in [7, 11) is 5.92. The van der Waals surface area contributed by atoms with Crippen LogP contribution in [0.1, 0.15) is 76.2 Å². The average Bonchev–Trinajstić information content (AvgIpc) is 3.07. The number of nitrogens with one attached hydrogen (secondary N) is 3. The number of rotatable bonds is 7. The van der Waals surface area contributed by atoms with Crippen LogP contribution in [0, 0.1) is 10.8 Å². The second-order valence-electron chi connectivity index (χ2n) is 7.19. The number of nitrogens with zero attached hydrogens (tertiary/aromatic N) is 4. The molecule has 0 unspecified atom stereocenters. The van der Waals surface area contributed by atoms with E-state index in [1.54, 1.807) is 32.3 Å². The highest BCUT2D eigenvalue weighted by Crippen LogP contribution is 2.12. The summed E-state index contributed by atoms with van der Waals surface area (Å²) in [6.45, 7) is 8.00. The Balaban J connectivity index is 0. The number of carboxylic acids is 1. The Morgan fingerprint density at radius 1 is 0.773 bits per heavy atom. The van der Waals surface area contributed by atoms with Crippen LogP contribution in [-0.2, 0) is 9.47 Å². The summed E-state index contributed by atoms with van der Waals surface area (Å²) in [6, 6.07) is 9.04. The van der Waals surface area contributed by atoms with Gasteiger partial charge in [0.2, 0.25) is 0 Å². The van der Waals surface area contributed by atoms with Crippen LogP contribution in [-0.4, -0.2) is 84.9 Å². The minimum Gasteiger partial charge on any atom is -0.477 e. The fourth-order valence-corrected chi connectivity index (χ4v) is 2.66. The van der Waals surface area contributed by atoms with Crippen LogP contribution in [0.25, 0.3) is 0 Å². The van der Waals surface area contributed by atoms with Crippen LogP contribution in [0.15, 0.2) is 41.4 Å². The van der Waals surface area contributed by atoms with Crippen LogP contribution in [0.3, 0.4) is 0 Å². The normalized spacial score (nSPS) is 9.09. The van der Waals surface area contributed by atoms with Gasteiger partial charge in [-0.25, -0.2) is 29.3 Å². The van der Waals surface area contributed by atoms with Crippen molar-refractivity contribution in [2.45, 2.75) is 27.7 Å². The van der Waals surface area contributed by atoms with E-state index in [2.05, 4.69) is 34.7 Å². The molecular weight excluding hydrogens is 570 g/mol. The van der Waals surface area contributed by atoms with E-state index in [1.165, 1.54) is 38.6 Å². The lowest BCUT2D eigenvalue weighted by molar-refractivity contribution is 0.0585. The minimum absolute atomic E-state index is 0.109. The van der Waals surface area contributed by atoms with Gasteiger partial charge < -0.3 is 42.2 Å². The van der Waals surface area contributed by atoms with E-state index in [1.807, 2.05) is 27.7 Å². The molecule has 0 saturated carbocycles. The molecule has 0 aromatic carbocycles. The van der Waals surface area contributed by atoms with Gasteiger partial charge >= 0.3 is 17.9 Å². The summed E-state index contributed by atoms with van der Waals surface area (Å²) in [6.07, 6.45) is 3.49. The number of pyridine rings is 3. The molecule has 0 radical (unpaired) electrons. The number of hydrogen-bond acceptors (Lipinski definition) is 14. The molecule has 0 bridgehead atoms. The molecule has 3 aromatic heterocycles. The lowest BCUT2D eigenvalue weighted by Gasteiger charge is -2.05. The molecule has 15 nitrogen and oxygen atoms in total. The first-order valence-corrected chi connectivity index (χ1v) is 13.1. The summed E-state index contributed by atoms with van der Waals surface area (Å²) < 4.78 is 9.03. The molecule has 8 N–H and O–H groups in total. The maximum Gasteiger partial charge on any atom is 0.356 e. The Morgan fingerprint density at radius 3 is 1.59 bits per heavy atom. The number of nitrogen functional groups attached to an aromatic ring is 2. The van der Waals surface area contributed by atoms with Gasteiger partial charge in [0, 0.05) is 32.7 Å². The van der Waals surface area contributed by atoms with Gasteiger partial charge in [0.25, 0.3) is 0 Å². The first kappa shape index (κ1) is 40.4. The number of nitrogens with two attached hydrogens (primary N) is 2. The van der Waals surface area contributed by atoms with Crippen molar-refractivity contribution in [1.82, 2.24) is 15.0 Å². The van der Waals surface area contributed by atoms with E-state index in [0.717, 1.165) is 12.4 Å². The molecule has 0 spiro atoms. The van der Waals surface area contributed by atoms with Crippen LogP contribution >= 0.6 is 0 Å². The minimum atomic E-state index is -1.13. The summed E-state index contributed by atoms with van der Waals surface area (Å²) in [5.41, 5.74) is 13.8. The zero-order valence-corrected chi connectivity index (χ0v) is 26.1. The summed E-state index contributed by atoms with van der Waals surface area (Å²) >= 11 is 0. The number of carbonyl (C=O) groups excluding carboxylic acids is 2. The van der Waals surface area contributed by atoms with Gasteiger partial charge in [-0.15, -0.1) is 0 Å². The molecule has 0 aliphatic carbocycles. The SMILES string of the molecule is CC.CC.CN=Cc1nc(C(=O)OC)ccc1N.CNc1ccc(C(=O)OC)nc1C=N.N=Cc1nc(C(=O)O)ccc1N. The third-order valence-electron chi connectivity index (χ3n) is 4.64. The first-order chi connectivity index (χ1) is 21.1. The Hall–Kier alpha value is -5.73. The Kier molecular flexibility index (Phi) is 21.0. The lowest BCUT2D eigenvalue weighted by Crippen LogP contribution is -2.07. The molecule has 3 heterocycles. The maximum absolute atomic E-state index is 11.1. The fourth-order valence-electron chi connectivity index (χ4n) is 2.66. The molecule has 0 saturated heterocycles. The van der Waals surface area contributed by atoms with E-state index < -0.39 is 17.9 Å². The molecule has 0 aliphatic rings. The quantitative estimate of drug-likeness (QED) is 0.165. The average molecular weight is 612 g/mol. The number of methoxy groups -OCH3 is 2. The largest absolute Gasteiger partial charge is 0.477 e. The molecule has 0 aliphatic heterocycles. The van der Waals surface area contributed by atoms with Gasteiger partial charge in [0.05, 0.1) is 31.3 Å². The van der Waals surface area contributed by atoms with E-state index in [4.69, 9.17) is 27.4 Å². The van der Waals surface area contributed by atoms with Crippen LogP contribution in [0.2, 0.25) is 0 Å². The molecule has 3 rings (SSSR count). The number of hydrogen-bond donors (Lipinski definition) is 6. The molecule has 0 atom stereocenters. The summed E-state index contributed by atoms with van der Waals surface area (Å²) in [5, 5.41) is 25.3. The molecule has 44 heavy (non-hydrogen) atoms. The van der Waals surface area contributed by atoms with Gasteiger partial charge in [-0.1, -0.05) is 27.7 Å². The van der Waals surface area contributed by atoms with Crippen LogP contribution < -0.4 is 16.8 Å². The van der Waals surface area contributed by atoms with Gasteiger partial charge in [0.15, 0.2) is 0 Å². The van der Waals surface area contributed by atoms with Crippen molar-refractivity contribution in [3.8, 4) is 0 Å². The van der Waals surface area contributed by atoms with E-state index in [9.17, 15) is 14.4 Å². The van der Waals surface area contributed by atoms with Crippen molar-refractivity contribution in [1.29, 1.82) is 10.8 Å². The van der Waals surface area contributed by atoms with Crippen LogP contribution in [0.5, 0.6) is 0 Å². The van der Waals surface area contributed by atoms with Gasteiger partial charge in [-0.3, -0.25) is 4.99 Å². The second-order valence-corrected chi connectivity index (χ2v) is 7.19. The molecular formula is C29H41N9O6. The van der Waals surface area contributed by atoms with Crippen molar-refractivity contribution >= 4 is 53.6 Å². The molecule has 0 fully saturated rings. The lowest BCUT2D eigenvalue weighted by atomic mass is 10.2. The molecule has 15 heteroatoms. The third-order valence-corrected chi connectivity index (χ3v) is 4.64. The van der Waals surface area contributed by atoms with Crippen LogP contribution in [0.4, 0.5) is 17.1 Å². The van der Waals surface area contributed by atoms with Crippen molar-refractivity contribution < 1.29 is 29.0 Å². The number of aliphatic imine (C=N–C) groups is 1. The third kappa shape index (κ3) is 13.3. The van der Waals surface area contributed by atoms with Gasteiger partial charge in [-0.2, -0.15) is 0 Å². The number of esters is 2. The number of ether oxygens (including phenoxy) is 2. The summed E-state index contributed by atoms with van der Waals surface area (Å²) in [4.78, 5) is 47.9. The van der Waals surface area contributed by atoms with Crippen molar-refractivity contribution in [2.24, 2.45) is 4.99 Å². The molecule has 0 amide bonds. The maximum atomic E-state index is 11.1. The standard InChI is InChI=1S/2C9H11N3O2.C7H7N3O2.2C2H6/c1-11-5-8-6(10)3-4-7(12-8)9(13)14-2;1-11-6-3-4-7(9(13)14-2)12-8(6)5-10;8-3-6-4(9)1-2-5(10-6)7(11)12;2*1-2/h3-5H,10H2,1-2H3;3-5,10-11H,1-2H3;1-3,8H,9H2,(H,11,12);2*1-2H3. The van der Waals surface area contributed by atoms with E-state index >= 15 is 0 Å². The first-order valence-electron chi connectivity index (χ1n) is 13.1. The van der Waals surface area contributed by atoms with E-state index in [0.29, 0.717) is 28.5 Å². The fraction of sp³-hybridized carbons (Fsp3) is 0.276. The number of carboxylic acid groups (broad SMARTS) is 1. The predicted octanol–water partition coefficient (Wildman–Crippen LogP) is 3.82. The Bertz CT molecular complexity index is 1410. The Labute approximate surface area is 256 Å². The number of aromatic nitrogens is 3. The monoisotopic (exact) mass is 611 g/mol. The van der Waals surface area contributed by atoms with Gasteiger partial charge in [-0.05, 0) is 36.4 Å². The van der Waals surface area contributed by atoms with Crippen molar-refractivity contribution in [2.75, 3.05) is 45.1 Å². The molecule has 238 valence electrons. The van der Waals surface area contributed by atoms with Crippen molar-refractivity contribution in [3.05, 3.63) is 70.6 Å².